The van der Waals surface area contributed by atoms with Crippen LogP contribution < -0.4 is 0 Å². The van der Waals surface area contributed by atoms with E-state index >= 15 is 0 Å². The Hall–Kier alpha value is -2.54. The quantitative estimate of drug-likeness (QED) is 0.120. The lowest BCUT2D eigenvalue weighted by Gasteiger charge is -2.62. The van der Waals surface area contributed by atoms with Gasteiger partial charge in [0.2, 0.25) is 23.1 Å². The Kier molecular flexibility index (Phi) is 21.6. The van der Waals surface area contributed by atoms with Crippen LogP contribution in [0, 0.1) is 94.7 Å². The van der Waals surface area contributed by atoms with E-state index in [2.05, 4.69) is 27.7 Å². The van der Waals surface area contributed by atoms with Gasteiger partial charge in [-0.05, 0) is 163 Å². The minimum Gasteiger partial charge on any atom is -0.394 e. The highest BCUT2D eigenvalue weighted by molar-refractivity contribution is 5.23. The fourth-order valence-electron chi connectivity index (χ4n) is 22.7. The van der Waals surface area contributed by atoms with Crippen LogP contribution in [0.2, 0.25) is 0 Å². The molecule has 21 rings (SSSR count). The van der Waals surface area contributed by atoms with E-state index in [4.69, 9.17) is 91.6 Å². The zero-order chi connectivity index (χ0) is 80.0. The number of aliphatic hydroxyl groups excluding tert-OH is 3. The molecular weight excluding hydrogens is 1500 g/mol. The topological polar surface area (TPSA) is 267 Å². The van der Waals surface area contributed by atoms with Gasteiger partial charge in [-0.3, -0.25) is 0 Å². The predicted octanol–water partition coefficient (Wildman–Crippen LogP) is 13.6. The van der Waals surface area contributed by atoms with Gasteiger partial charge in [0.1, 0.15) is 6.10 Å². The van der Waals surface area contributed by atoms with Crippen molar-refractivity contribution in [1.82, 2.24) is 0 Å². The lowest BCUT2D eigenvalue weighted by molar-refractivity contribution is -0.599. The predicted molar refractivity (Wildman–Crippen MR) is 348 cm³/mol. The number of fused-ring (bicyclic) bond motifs is 8. The van der Waals surface area contributed by atoms with Crippen LogP contribution >= 0.6 is 0 Å². The lowest BCUT2D eigenvalue weighted by atomic mass is 9.57. The van der Waals surface area contributed by atoms with E-state index in [1.807, 2.05) is 0 Å². The first-order valence-corrected chi connectivity index (χ1v) is 39.0. The first-order chi connectivity index (χ1) is 51.1. The summed E-state index contributed by atoms with van der Waals surface area (Å²) in [5.74, 6) is -23.0. The van der Waals surface area contributed by atoms with Gasteiger partial charge in [-0.15, -0.1) is 0 Å². The number of ether oxygens (including phenoxy) is 10. The highest BCUT2D eigenvalue weighted by Gasteiger charge is 2.82. The second-order valence-electron chi connectivity index (χ2n) is 35.4. The van der Waals surface area contributed by atoms with Crippen molar-refractivity contribution in [3.63, 3.8) is 0 Å². The summed E-state index contributed by atoms with van der Waals surface area (Å²) in [6.45, 7) is 18.7. The number of rotatable bonds is 8. The highest BCUT2D eigenvalue weighted by Crippen LogP contribution is 2.70. The van der Waals surface area contributed by atoms with Gasteiger partial charge < -0.3 is 72.9 Å². The van der Waals surface area contributed by atoms with Gasteiger partial charge in [-0.25, -0.2) is 39.1 Å². The van der Waals surface area contributed by atoms with E-state index in [0.29, 0.717) is 68.9 Å². The Morgan fingerprint density at radius 1 is 0.364 bits per heavy atom. The maximum atomic E-state index is 14.8. The molecule has 1 aromatic rings. The van der Waals surface area contributed by atoms with Crippen molar-refractivity contribution >= 4 is 0 Å². The molecule has 16 heterocycles. The average Bonchev–Trinajstić information content (AvgIpc) is 1.26. The zero-order valence-electron chi connectivity index (χ0n) is 63.7. The molecule has 5 unspecified atom stereocenters. The lowest BCUT2D eigenvalue weighted by Crippen LogP contribution is -2.76. The molecule has 0 radical (unpaired) electrons. The third-order valence-corrected chi connectivity index (χ3v) is 29.0. The zero-order valence-corrected chi connectivity index (χ0v) is 63.7. The van der Waals surface area contributed by atoms with Crippen molar-refractivity contribution in [3.8, 4) is 0 Å². The van der Waals surface area contributed by atoms with Crippen molar-refractivity contribution in [2.45, 2.75) is 324 Å². The van der Waals surface area contributed by atoms with E-state index in [9.17, 15) is 73.1 Å². The summed E-state index contributed by atoms with van der Waals surface area (Å²) < 4.78 is 225. The van der Waals surface area contributed by atoms with Crippen LogP contribution in [-0.4, -0.2) is 163 Å². The normalized spacial score (nSPS) is 51.9. The minimum absolute atomic E-state index is 0.0363. The van der Waals surface area contributed by atoms with E-state index in [-0.39, 0.29) is 60.6 Å². The molecule has 20 aliphatic rings. The maximum absolute atomic E-state index is 14.8. The van der Waals surface area contributed by atoms with Crippen LogP contribution in [0.5, 0.6) is 0 Å². The van der Waals surface area contributed by atoms with Crippen LogP contribution in [0.3, 0.4) is 0 Å². The highest BCUT2D eigenvalue weighted by atomic mass is 19.4. The molecule has 20 fully saturated rings. The SMILES string of the molecule is C[C@@H]1CC[C@H]2[C@@H](C)[C@](O)(C(F)(F)F)O[C@@H]3O[C@]4(C)CC[C@@H]1C32OO4.C[C@@H]1CC[C@H]2[C@@H](C)[C@](O)(C(F)(F)F)O[C@@H]3O[C@]4(C)CC[C@@H]1C32OO4.C[C@@H]1CC[C@H]2[C@@H](C)[C@](OCC(O)CO)(C(F)(F)F)O[C@@H]3O[C@]4(C)CC[C@@H]1C32OO4.C[C@@H]1CC[C@H]2[C@@H](C)[C@](OCc3ccc(CO)cc3)(C(F)(F)F)O[C@@H]3O[C@]4(C)CC[C@@H]1C32OO4. The Labute approximate surface area is 629 Å². The monoisotopic (exact) mass is 1600 g/mol. The summed E-state index contributed by atoms with van der Waals surface area (Å²) in [6, 6.07) is 6.60. The van der Waals surface area contributed by atoms with Crippen molar-refractivity contribution in [2.24, 2.45) is 94.7 Å². The first kappa shape index (κ1) is 83.9. The van der Waals surface area contributed by atoms with Crippen molar-refractivity contribution in [3.05, 3.63) is 35.4 Å². The van der Waals surface area contributed by atoms with E-state index in [1.165, 1.54) is 27.7 Å². The Morgan fingerprint density at radius 3 is 0.927 bits per heavy atom. The molecule has 4 aliphatic carbocycles. The van der Waals surface area contributed by atoms with E-state index in [1.54, 1.807) is 52.0 Å². The number of aliphatic hydroxyl groups is 5. The minimum atomic E-state index is -4.91. The standard InChI is InChI=1S/C24H31F3O6.C19H29F3O7.2C16H23F3O5/c1-14-4-9-19-15(2)23(24(25,26)27,29-13-17-7-5-16(12-28)6-8-17)31-20-22(19)18(14)10-11-21(3,30-20)32-33-22;1-10-4-5-14-11(2)18(19(20,21)22,25-9-12(24)8-23)27-15-17(14)13(10)6-7-16(3,26-15)28-29-17;2*1-8-4-5-11-9(2)15(20,16(17,18)19)22-12-14(11)10(8)6-7-13(3,21-12)23-24-14/h5-8,14-15,18-20,28H,4,9-13H2,1-3H3;10-15,23-24H,4-9H2,1-3H3;2*8-12,20H,4-7H2,1-3H3/t14-,15-,18+,19+,20+,21+,22?,23-;10-,11-,12?,13+,14+,15+,16+,17?,18-;2*8-,9-,10+,11+,12+,13+,14?,15-/m1111/s1. The Balaban J connectivity index is 0.000000123. The summed E-state index contributed by atoms with van der Waals surface area (Å²) in [6.07, 6.45) is -16.1. The number of alkyl halides is 12. The molecule has 628 valence electrons. The first-order valence-electron chi connectivity index (χ1n) is 39.0. The molecule has 1 aromatic carbocycles. The number of hydrogen-bond donors (Lipinski definition) is 5. The molecule has 4 saturated carbocycles. The maximum Gasteiger partial charge on any atom is 0.443 e. The largest absolute Gasteiger partial charge is 0.443 e. The average molecular weight is 1600 g/mol. The van der Waals surface area contributed by atoms with Crippen LogP contribution in [0.15, 0.2) is 24.3 Å². The Bertz CT molecular complexity index is 3370. The number of halogens is 12. The summed E-state index contributed by atoms with van der Waals surface area (Å²) >= 11 is 0. The molecule has 35 heteroatoms. The van der Waals surface area contributed by atoms with Gasteiger partial charge in [0.25, 0.3) is 23.1 Å². The van der Waals surface area contributed by atoms with Crippen LogP contribution in [0.25, 0.3) is 0 Å². The number of benzene rings is 1. The summed E-state index contributed by atoms with van der Waals surface area (Å²) in [5.41, 5.74) is -3.25. The van der Waals surface area contributed by atoms with Crippen LogP contribution in [0.4, 0.5) is 52.7 Å². The molecule has 0 aromatic heterocycles. The smallest absolute Gasteiger partial charge is 0.394 e. The molecule has 16 aliphatic heterocycles. The van der Waals surface area contributed by atoms with Crippen molar-refractivity contribution < 1.29 is 165 Å². The molecule has 33 atom stereocenters. The summed E-state index contributed by atoms with van der Waals surface area (Å²) in [5, 5.41) is 48.6. The molecule has 8 bridgehead atoms. The molecule has 16 saturated heterocycles. The second-order valence-corrected chi connectivity index (χ2v) is 35.4. The van der Waals surface area contributed by atoms with E-state index in [0.717, 1.165) is 44.9 Å². The van der Waals surface area contributed by atoms with Crippen LogP contribution in [-0.2, 0) is 99.7 Å². The van der Waals surface area contributed by atoms with Crippen LogP contribution in [0.1, 0.15) is 197 Å². The molecule has 110 heavy (non-hydrogen) atoms. The third kappa shape index (κ3) is 12.8. The van der Waals surface area contributed by atoms with Gasteiger partial charge >= 0.3 is 24.7 Å². The van der Waals surface area contributed by atoms with Crippen molar-refractivity contribution in [1.29, 1.82) is 0 Å². The molecule has 23 nitrogen and oxygen atoms in total. The Morgan fingerprint density at radius 2 is 0.645 bits per heavy atom. The van der Waals surface area contributed by atoms with Crippen molar-refractivity contribution in [2.75, 3.05) is 13.2 Å². The number of hydrogen-bond acceptors (Lipinski definition) is 23. The summed E-state index contributed by atoms with van der Waals surface area (Å²) in [4.78, 5) is 45.6. The van der Waals surface area contributed by atoms with Gasteiger partial charge in [0, 0.05) is 73.0 Å². The fraction of sp³-hybridized carbons (Fsp3) is 0.920. The van der Waals surface area contributed by atoms with Gasteiger partial charge in [0.05, 0.1) is 26.4 Å². The van der Waals surface area contributed by atoms with Gasteiger partial charge in [0.15, 0.2) is 47.6 Å². The fourth-order valence-corrected chi connectivity index (χ4v) is 22.7. The summed E-state index contributed by atoms with van der Waals surface area (Å²) in [7, 11) is 0. The molecule has 5 N–H and O–H groups in total. The molecule has 0 amide bonds. The van der Waals surface area contributed by atoms with Gasteiger partial charge in [-0.2, -0.15) is 52.7 Å². The second kappa shape index (κ2) is 28.3. The third-order valence-electron chi connectivity index (χ3n) is 29.0. The molecule has 4 spiro atoms. The van der Waals surface area contributed by atoms with Gasteiger partial charge in [-0.1, -0.05) is 79.7 Å². The van der Waals surface area contributed by atoms with E-state index < -0.39 is 185 Å². The molecular formula is C75H106F12O23.